The minimum absolute atomic E-state index is 1.05. The van der Waals surface area contributed by atoms with Gasteiger partial charge in [0.15, 0.2) is 0 Å². The highest BCUT2D eigenvalue weighted by molar-refractivity contribution is 14.1. The van der Waals surface area contributed by atoms with Crippen molar-refractivity contribution >= 4 is 33.5 Å². The van der Waals surface area contributed by atoms with Crippen LogP contribution in [0.5, 0.6) is 0 Å². The molecule has 0 aliphatic carbocycles. The first-order valence-electron chi connectivity index (χ1n) is 3.88. The van der Waals surface area contributed by atoms with E-state index in [1.165, 1.54) is 15.4 Å². The Morgan fingerprint density at radius 1 is 1.42 bits per heavy atom. The summed E-state index contributed by atoms with van der Waals surface area (Å²) in [5.41, 5.74) is 2.44. The van der Waals surface area contributed by atoms with Crippen molar-refractivity contribution in [1.82, 2.24) is 10.2 Å². The van der Waals surface area contributed by atoms with E-state index in [2.05, 4.69) is 51.0 Å². The zero-order valence-corrected chi connectivity index (χ0v) is 8.71. The topological polar surface area (TPSA) is 28.7 Å². The predicted molar refractivity (Wildman–Crippen MR) is 58.7 cm³/mol. The van der Waals surface area contributed by atoms with Gasteiger partial charge < -0.3 is 0 Å². The number of benzene rings is 1. The van der Waals surface area contributed by atoms with Crippen molar-refractivity contribution in [3.8, 4) is 0 Å². The number of nitrogens with one attached hydrogen (secondary N) is 1. The number of nitrogens with zero attached hydrogens (tertiary/aromatic N) is 1. The number of alkyl halides is 1. The first-order chi connectivity index (χ1) is 5.90. The molecule has 0 atom stereocenters. The third-order valence-electron chi connectivity index (χ3n) is 1.88. The number of H-pyrrole nitrogens is 1. The largest absolute Gasteiger partial charge is 0.285 e. The SMILES string of the molecule is ICCc1ccc2n[nH]cc2c1. The van der Waals surface area contributed by atoms with E-state index in [0.29, 0.717) is 0 Å². The molecule has 1 N–H and O–H groups in total. The smallest absolute Gasteiger partial charge is 0.0920 e. The van der Waals surface area contributed by atoms with Crippen molar-refractivity contribution in [3.05, 3.63) is 30.0 Å². The van der Waals surface area contributed by atoms with Gasteiger partial charge in [-0.2, -0.15) is 5.10 Å². The van der Waals surface area contributed by atoms with Crippen molar-refractivity contribution in [2.45, 2.75) is 6.42 Å². The van der Waals surface area contributed by atoms with E-state index < -0.39 is 0 Å². The van der Waals surface area contributed by atoms with Crippen molar-refractivity contribution in [2.24, 2.45) is 0 Å². The number of rotatable bonds is 2. The zero-order valence-electron chi connectivity index (χ0n) is 6.55. The third-order valence-corrected chi connectivity index (χ3v) is 2.42. The number of aryl methyl sites for hydroxylation is 1. The van der Waals surface area contributed by atoms with Gasteiger partial charge in [-0.1, -0.05) is 28.7 Å². The second-order valence-corrected chi connectivity index (χ2v) is 3.80. The highest BCUT2D eigenvalue weighted by atomic mass is 127. The molecule has 0 saturated heterocycles. The summed E-state index contributed by atoms with van der Waals surface area (Å²) in [6, 6.07) is 6.40. The van der Waals surface area contributed by atoms with Crippen LogP contribution in [0.25, 0.3) is 10.9 Å². The maximum absolute atomic E-state index is 4.09. The van der Waals surface area contributed by atoms with E-state index in [-0.39, 0.29) is 0 Å². The molecule has 2 rings (SSSR count). The number of aromatic amines is 1. The molecule has 0 saturated carbocycles. The molecule has 1 aromatic carbocycles. The maximum Gasteiger partial charge on any atom is 0.0920 e. The summed E-state index contributed by atoms with van der Waals surface area (Å²) in [4.78, 5) is 0. The fourth-order valence-corrected chi connectivity index (χ4v) is 1.88. The van der Waals surface area contributed by atoms with E-state index in [0.717, 1.165) is 11.9 Å². The van der Waals surface area contributed by atoms with Crippen LogP contribution in [0.2, 0.25) is 0 Å². The minimum Gasteiger partial charge on any atom is -0.285 e. The lowest BCUT2D eigenvalue weighted by Gasteiger charge is -1.95. The lowest BCUT2D eigenvalue weighted by molar-refractivity contribution is 1.12. The Morgan fingerprint density at radius 3 is 3.17 bits per heavy atom. The van der Waals surface area contributed by atoms with Crippen molar-refractivity contribution in [2.75, 3.05) is 4.43 Å². The van der Waals surface area contributed by atoms with Crippen LogP contribution in [0, 0.1) is 0 Å². The molecule has 62 valence electrons. The molecular formula is C9H9IN2. The number of hydrogen-bond donors (Lipinski definition) is 1. The molecular weight excluding hydrogens is 263 g/mol. The van der Waals surface area contributed by atoms with Gasteiger partial charge >= 0.3 is 0 Å². The Labute approximate surface area is 84.5 Å². The molecule has 0 radical (unpaired) electrons. The number of aromatic nitrogens is 2. The van der Waals surface area contributed by atoms with Gasteiger partial charge in [0.25, 0.3) is 0 Å². The van der Waals surface area contributed by atoms with E-state index in [1.54, 1.807) is 0 Å². The van der Waals surface area contributed by atoms with Gasteiger partial charge in [0.2, 0.25) is 0 Å². The van der Waals surface area contributed by atoms with E-state index >= 15 is 0 Å². The van der Waals surface area contributed by atoms with Crippen LogP contribution in [0.3, 0.4) is 0 Å². The molecule has 0 spiro atoms. The van der Waals surface area contributed by atoms with Gasteiger partial charge in [0.1, 0.15) is 0 Å². The lowest BCUT2D eigenvalue weighted by atomic mass is 10.1. The average molecular weight is 272 g/mol. The summed E-state index contributed by atoms with van der Waals surface area (Å²) in [5.74, 6) is 0. The van der Waals surface area contributed by atoms with Crippen LogP contribution in [0.1, 0.15) is 5.56 Å². The van der Waals surface area contributed by atoms with Gasteiger partial charge in [-0.15, -0.1) is 0 Å². The monoisotopic (exact) mass is 272 g/mol. The fourth-order valence-electron chi connectivity index (χ4n) is 1.26. The Bertz CT molecular complexity index is 381. The van der Waals surface area contributed by atoms with Crippen LogP contribution in [0.4, 0.5) is 0 Å². The molecule has 0 unspecified atom stereocenters. The summed E-state index contributed by atoms with van der Waals surface area (Å²) in [7, 11) is 0. The number of halogens is 1. The zero-order chi connectivity index (χ0) is 8.39. The van der Waals surface area contributed by atoms with Crippen molar-refractivity contribution < 1.29 is 0 Å². The quantitative estimate of drug-likeness (QED) is 0.660. The Hall–Kier alpha value is -0.580. The Morgan fingerprint density at radius 2 is 2.33 bits per heavy atom. The molecule has 3 heteroatoms. The molecule has 1 aromatic heterocycles. The summed E-state index contributed by atoms with van der Waals surface area (Å²) in [6.45, 7) is 0. The van der Waals surface area contributed by atoms with Crippen LogP contribution in [-0.4, -0.2) is 14.6 Å². The van der Waals surface area contributed by atoms with Crippen LogP contribution >= 0.6 is 22.6 Å². The summed E-state index contributed by atoms with van der Waals surface area (Å²) >= 11 is 2.39. The van der Waals surface area contributed by atoms with Gasteiger partial charge in [0, 0.05) is 16.0 Å². The molecule has 0 bridgehead atoms. The second kappa shape index (κ2) is 3.43. The third kappa shape index (κ3) is 1.46. The van der Waals surface area contributed by atoms with E-state index in [1.807, 2.05) is 6.20 Å². The van der Waals surface area contributed by atoms with Crippen molar-refractivity contribution in [1.29, 1.82) is 0 Å². The second-order valence-electron chi connectivity index (χ2n) is 2.72. The first-order valence-corrected chi connectivity index (χ1v) is 5.41. The Balaban J connectivity index is 2.46. The fraction of sp³-hybridized carbons (Fsp3) is 0.222. The molecule has 0 aliphatic heterocycles. The molecule has 12 heavy (non-hydrogen) atoms. The standard InChI is InChI=1S/C9H9IN2/c10-4-3-7-1-2-9-8(5-7)6-11-12-9/h1-2,5-6H,3-4H2,(H,11,12). The molecule has 2 nitrogen and oxygen atoms in total. The summed E-state index contributed by atoms with van der Waals surface area (Å²) in [6.07, 6.45) is 3.08. The predicted octanol–water partition coefficient (Wildman–Crippen LogP) is 2.54. The summed E-state index contributed by atoms with van der Waals surface area (Å²) in [5, 5.41) is 8.15. The first kappa shape index (κ1) is 8.04. The van der Waals surface area contributed by atoms with E-state index in [4.69, 9.17) is 0 Å². The van der Waals surface area contributed by atoms with Gasteiger partial charge in [-0.3, -0.25) is 5.10 Å². The van der Waals surface area contributed by atoms with Gasteiger partial charge in [0.05, 0.1) is 5.52 Å². The number of hydrogen-bond acceptors (Lipinski definition) is 1. The maximum atomic E-state index is 4.09. The normalized spacial score (nSPS) is 10.8. The molecule has 2 aromatic rings. The Kier molecular flexibility index (Phi) is 2.30. The highest BCUT2D eigenvalue weighted by Gasteiger charge is 1.96. The van der Waals surface area contributed by atoms with Gasteiger partial charge in [-0.05, 0) is 24.1 Å². The number of fused-ring (bicyclic) bond motifs is 1. The molecule has 0 fully saturated rings. The van der Waals surface area contributed by atoms with Crippen LogP contribution < -0.4 is 0 Å². The average Bonchev–Trinajstić information content (AvgIpc) is 2.51. The minimum atomic E-state index is 1.05. The van der Waals surface area contributed by atoms with Gasteiger partial charge in [-0.25, -0.2) is 0 Å². The summed E-state index contributed by atoms with van der Waals surface area (Å²) < 4.78 is 1.17. The van der Waals surface area contributed by atoms with Crippen LogP contribution in [-0.2, 0) is 6.42 Å². The lowest BCUT2D eigenvalue weighted by Crippen LogP contribution is -1.83. The van der Waals surface area contributed by atoms with Crippen molar-refractivity contribution in [3.63, 3.8) is 0 Å². The molecule has 1 heterocycles. The molecule has 0 aliphatic rings. The molecule has 0 amide bonds. The van der Waals surface area contributed by atoms with Crippen LogP contribution in [0.15, 0.2) is 24.4 Å². The highest BCUT2D eigenvalue weighted by Crippen LogP contribution is 2.13. The van der Waals surface area contributed by atoms with E-state index in [9.17, 15) is 0 Å².